The summed E-state index contributed by atoms with van der Waals surface area (Å²) >= 11 is 0. The van der Waals surface area contributed by atoms with E-state index in [2.05, 4.69) is 5.32 Å². The average Bonchev–Trinajstić information content (AvgIpc) is 3.39. The van der Waals surface area contributed by atoms with Gasteiger partial charge in [0.15, 0.2) is 6.04 Å². The van der Waals surface area contributed by atoms with E-state index >= 15 is 0 Å². The van der Waals surface area contributed by atoms with Crippen LogP contribution in [0.25, 0.3) is 39.0 Å². The van der Waals surface area contributed by atoms with Crippen molar-refractivity contribution in [1.29, 1.82) is 0 Å². The fraction of sp³-hybridized carbons (Fsp3) is 0.0968. The maximum Gasteiger partial charge on any atom is 0.331 e. The van der Waals surface area contributed by atoms with Crippen LogP contribution in [0.3, 0.4) is 0 Å². The van der Waals surface area contributed by atoms with E-state index in [1.54, 1.807) is 18.2 Å². The first-order valence-electron chi connectivity index (χ1n) is 12.6. The number of para-hydroxylation sites is 3. The number of rotatable bonds is 7. The second-order valence-electron chi connectivity index (χ2n) is 9.25. The molecule has 40 heavy (non-hydrogen) atoms. The number of phenolic OH excluding ortho intramolecular Hbond substituents is 1. The van der Waals surface area contributed by atoms with E-state index in [1.807, 2.05) is 71.1 Å². The van der Waals surface area contributed by atoms with Gasteiger partial charge in [0, 0.05) is 10.9 Å². The van der Waals surface area contributed by atoms with Crippen molar-refractivity contribution in [2.24, 2.45) is 0 Å². The number of ether oxygens (including phenoxy) is 1. The van der Waals surface area contributed by atoms with Crippen LogP contribution in [0.2, 0.25) is 0 Å². The summed E-state index contributed by atoms with van der Waals surface area (Å²) in [7, 11) is 0. The Kier molecular flexibility index (Phi) is 6.55. The third kappa shape index (κ3) is 4.59. The van der Waals surface area contributed by atoms with Gasteiger partial charge in [0.25, 0.3) is 5.91 Å². The lowest BCUT2D eigenvalue weighted by molar-refractivity contribution is -0.148. The summed E-state index contributed by atoms with van der Waals surface area (Å²) in [6, 6.07) is 27.6. The zero-order valence-electron chi connectivity index (χ0n) is 21.2. The van der Waals surface area contributed by atoms with E-state index in [-0.39, 0.29) is 17.9 Å². The predicted octanol–water partition coefficient (Wildman–Crippen LogP) is 4.24. The Hall–Kier alpha value is -5.28. The van der Waals surface area contributed by atoms with Gasteiger partial charge in [0.2, 0.25) is 0 Å². The molecule has 0 aliphatic carbocycles. The molecule has 0 aliphatic rings. The number of benzene rings is 4. The maximum absolute atomic E-state index is 13.2. The number of phenols is 1. The molecular weight excluding hydrogens is 508 g/mol. The Morgan fingerprint density at radius 1 is 0.875 bits per heavy atom. The molecule has 6 aromatic rings. The standard InChI is InChI=1S/C31H24N4O5/c36-17-25(31(39)40-18-19-8-2-1-3-9-19)34-30(38)22-16-20(14-15-27(22)37)28-32-23-11-5-4-10-21(23)29-33-24-12-6-7-13-26(24)35(28)29/h1-16,25,36-37H,17-18H2,(H,34,38)/t25-/m0/s1. The number of fused-ring (bicyclic) bond motifs is 5. The quantitative estimate of drug-likeness (QED) is 0.263. The zero-order valence-corrected chi connectivity index (χ0v) is 21.2. The van der Waals surface area contributed by atoms with Crippen LogP contribution in [0.5, 0.6) is 5.75 Å². The molecule has 0 fully saturated rings. The Morgan fingerprint density at radius 2 is 1.60 bits per heavy atom. The van der Waals surface area contributed by atoms with Crippen LogP contribution in [0.4, 0.5) is 0 Å². The molecule has 1 amide bonds. The van der Waals surface area contributed by atoms with Gasteiger partial charge >= 0.3 is 5.97 Å². The SMILES string of the molecule is O=C(N[C@@H](CO)C(=O)OCc1ccccc1)c1cc(-c2nc3ccccc3c3nc4ccccc4n23)ccc1O. The number of carbonyl (C=O) groups is 2. The number of imidazole rings is 1. The van der Waals surface area contributed by atoms with E-state index in [0.29, 0.717) is 17.0 Å². The number of nitrogens with one attached hydrogen (secondary N) is 1. The van der Waals surface area contributed by atoms with Gasteiger partial charge in [-0.25, -0.2) is 14.8 Å². The summed E-state index contributed by atoms with van der Waals surface area (Å²) in [5.41, 5.74) is 4.30. The third-order valence-electron chi connectivity index (χ3n) is 6.64. The van der Waals surface area contributed by atoms with Crippen LogP contribution >= 0.6 is 0 Å². The van der Waals surface area contributed by atoms with Crippen molar-refractivity contribution in [3.05, 3.63) is 108 Å². The normalized spacial score (nSPS) is 12.0. The summed E-state index contributed by atoms with van der Waals surface area (Å²) in [5.74, 6) is -1.30. The minimum atomic E-state index is -1.32. The molecule has 0 saturated heterocycles. The summed E-state index contributed by atoms with van der Waals surface area (Å²) in [6.45, 7) is -0.678. The fourth-order valence-corrected chi connectivity index (χ4v) is 4.64. The number of hydrogen-bond donors (Lipinski definition) is 3. The number of aliphatic hydroxyl groups excluding tert-OH is 1. The molecule has 0 bridgehead atoms. The molecule has 1 atom stereocenters. The van der Waals surface area contributed by atoms with Gasteiger partial charge in [-0.3, -0.25) is 9.20 Å². The molecule has 6 rings (SSSR count). The number of esters is 1. The first kappa shape index (κ1) is 25.0. The van der Waals surface area contributed by atoms with Crippen molar-refractivity contribution in [2.75, 3.05) is 6.61 Å². The van der Waals surface area contributed by atoms with Gasteiger partial charge in [0.05, 0.1) is 28.7 Å². The smallest absolute Gasteiger partial charge is 0.331 e. The number of carbonyl (C=O) groups excluding carboxylic acids is 2. The number of aromatic hydroxyl groups is 1. The lowest BCUT2D eigenvalue weighted by Gasteiger charge is -2.16. The minimum Gasteiger partial charge on any atom is -0.507 e. The van der Waals surface area contributed by atoms with Crippen molar-refractivity contribution < 1.29 is 24.5 Å². The number of aromatic nitrogens is 3. The van der Waals surface area contributed by atoms with Gasteiger partial charge in [-0.2, -0.15) is 0 Å². The number of amides is 1. The second kappa shape index (κ2) is 10.5. The highest BCUT2D eigenvalue weighted by Crippen LogP contribution is 2.31. The largest absolute Gasteiger partial charge is 0.507 e. The molecule has 0 spiro atoms. The Bertz CT molecular complexity index is 1880. The van der Waals surface area contributed by atoms with E-state index in [9.17, 15) is 19.8 Å². The monoisotopic (exact) mass is 532 g/mol. The van der Waals surface area contributed by atoms with Crippen LogP contribution < -0.4 is 5.32 Å². The summed E-state index contributed by atoms with van der Waals surface area (Å²) in [5, 5.41) is 23.7. The van der Waals surface area contributed by atoms with Crippen molar-refractivity contribution >= 4 is 39.5 Å². The Morgan fingerprint density at radius 3 is 2.40 bits per heavy atom. The number of nitrogens with zero attached hydrogens (tertiary/aromatic N) is 3. The van der Waals surface area contributed by atoms with Gasteiger partial charge in [-0.1, -0.05) is 54.6 Å². The second-order valence-corrected chi connectivity index (χ2v) is 9.25. The number of hydrogen-bond acceptors (Lipinski definition) is 7. The highest BCUT2D eigenvalue weighted by Gasteiger charge is 2.24. The zero-order chi connectivity index (χ0) is 27.6. The van der Waals surface area contributed by atoms with E-state index < -0.39 is 24.5 Å². The predicted molar refractivity (Wildman–Crippen MR) is 150 cm³/mol. The molecule has 4 aromatic carbocycles. The van der Waals surface area contributed by atoms with Gasteiger partial charge in [-0.15, -0.1) is 0 Å². The lowest BCUT2D eigenvalue weighted by atomic mass is 10.1. The lowest BCUT2D eigenvalue weighted by Crippen LogP contribution is -2.44. The van der Waals surface area contributed by atoms with Gasteiger partial charge in [-0.05, 0) is 48.0 Å². The van der Waals surface area contributed by atoms with Crippen molar-refractivity contribution in [2.45, 2.75) is 12.6 Å². The van der Waals surface area contributed by atoms with E-state index in [4.69, 9.17) is 14.7 Å². The van der Waals surface area contributed by atoms with Gasteiger partial charge < -0.3 is 20.3 Å². The van der Waals surface area contributed by atoms with Crippen LogP contribution in [0.15, 0.2) is 97.1 Å². The maximum atomic E-state index is 13.2. The minimum absolute atomic E-state index is 0.00469. The van der Waals surface area contributed by atoms with Crippen LogP contribution in [-0.4, -0.2) is 49.1 Å². The summed E-state index contributed by atoms with van der Waals surface area (Å²) in [6.07, 6.45) is 0. The molecule has 2 heterocycles. The molecule has 9 nitrogen and oxygen atoms in total. The molecule has 0 radical (unpaired) electrons. The van der Waals surface area contributed by atoms with Crippen molar-refractivity contribution in [3.63, 3.8) is 0 Å². The molecule has 0 saturated carbocycles. The fourth-order valence-electron chi connectivity index (χ4n) is 4.64. The first-order chi connectivity index (χ1) is 19.5. The first-order valence-corrected chi connectivity index (χ1v) is 12.6. The van der Waals surface area contributed by atoms with Crippen molar-refractivity contribution in [1.82, 2.24) is 19.7 Å². The number of aliphatic hydroxyl groups is 1. The summed E-state index contributed by atoms with van der Waals surface area (Å²) in [4.78, 5) is 35.5. The molecule has 3 N–H and O–H groups in total. The average molecular weight is 533 g/mol. The Labute approximate surface area is 228 Å². The van der Waals surface area contributed by atoms with Crippen molar-refractivity contribution in [3.8, 4) is 17.1 Å². The van der Waals surface area contributed by atoms with E-state index in [0.717, 1.165) is 27.5 Å². The van der Waals surface area contributed by atoms with Crippen LogP contribution in [0, 0.1) is 0 Å². The molecule has 198 valence electrons. The molecule has 0 aliphatic heterocycles. The van der Waals surface area contributed by atoms with E-state index in [1.165, 1.54) is 12.1 Å². The molecule has 2 aromatic heterocycles. The molecular formula is C31H24N4O5. The molecule has 0 unspecified atom stereocenters. The van der Waals surface area contributed by atoms with Gasteiger partial charge in [0.1, 0.15) is 23.8 Å². The highest BCUT2D eigenvalue weighted by atomic mass is 16.5. The van der Waals surface area contributed by atoms with Crippen LogP contribution in [-0.2, 0) is 16.1 Å². The molecule has 9 heteroatoms. The third-order valence-corrected chi connectivity index (χ3v) is 6.64. The topological polar surface area (TPSA) is 126 Å². The van der Waals surface area contributed by atoms with Crippen LogP contribution in [0.1, 0.15) is 15.9 Å². The highest BCUT2D eigenvalue weighted by molar-refractivity contribution is 6.01. The Balaban J connectivity index is 1.35. The summed E-state index contributed by atoms with van der Waals surface area (Å²) < 4.78 is 7.19.